The van der Waals surface area contributed by atoms with Gasteiger partial charge >= 0.3 is 0 Å². The van der Waals surface area contributed by atoms with Crippen molar-refractivity contribution in [1.29, 1.82) is 0 Å². The van der Waals surface area contributed by atoms with Gasteiger partial charge in [0.05, 0.1) is 18.5 Å². The van der Waals surface area contributed by atoms with Gasteiger partial charge in [0.15, 0.2) is 5.58 Å². The summed E-state index contributed by atoms with van der Waals surface area (Å²) in [5.74, 6) is -0.00487. The molecule has 0 bridgehead atoms. The summed E-state index contributed by atoms with van der Waals surface area (Å²) in [7, 11) is 0. The first-order valence-corrected chi connectivity index (χ1v) is 9.48. The summed E-state index contributed by atoms with van der Waals surface area (Å²) in [5, 5.41) is 10.3. The van der Waals surface area contributed by atoms with E-state index in [1.165, 1.54) is 6.33 Å². The van der Waals surface area contributed by atoms with Crippen LogP contribution >= 0.6 is 0 Å². The first kappa shape index (κ1) is 18.9. The number of carbonyl (C=O) groups excluding carboxylic acids is 1. The van der Waals surface area contributed by atoms with Gasteiger partial charge in [-0.3, -0.25) is 4.79 Å². The van der Waals surface area contributed by atoms with E-state index in [1.54, 1.807) is 17.7 Å². The van der Waals surface area contributed by atoms with Gasteiger partial charge in [0.25, 0.3) is 5.91 Å². The Morgan fingerprint density at radius 1 is 1.21 bits per heavy atom. The molecule has 0 fully saturated rings. The topological polar surface area (TPSA) is 107 Å². The van der Waals surface area contributed by atoms with Gasteiger partial charge in [-0.1, -0.05) is 30.3 Å². The quantitative estimate of drug-likeness (QED) is 0.503. The number of aryl methyl sites for hydroxylation is 1. The highest BCUT2D eigenvalue weighted by Gasteiger charge is 2.20. The lowest BCUT2D eigenvalue weighted by Gasteiger charge is -2.21. The molecular weight excluding hydrogens is 368 g/mol. The fraction of sp³-hybridized carbons (Fsp3) is 0.227. The SMILES string of the molecule is CC(O)C(CCc1cccc2oc(-c3ccccc3)nc12)n1cnc(C(N)=O)c1. The van der Waals surface area contributed by atoms with Crippen LogP contribution < -0.4 is 5.73 Å². The molecule has 2 heterocycles. The van der Waals surface area contributed by atoms with Gasteiger partial charge in [-0.2, -0.15) is 0 Å². The molecular formula is C22H22N4O3. The van der Waals surface area contributed by atoms with Gasteiger partial charge in [-0.15, -0.1) is 0 Å². The van der Waals surface area contributed by atoms with E-state index in [-0.39, 0.29) is 11.7 Å². The predicted octanol–water partition coefficient (Wildman–Crippen LogP) is 3.34. The number of amides is 1. The Bertz CT molecular complexity index is 1130. The third-order valence-corrected chi connectivity index (χ3v) is 5.03. The van der Waals surface area contributed by atoms with Crippen LogP contribution in [0.3, 0.4) is 0 Å². The minimum absolute atomic E-state index is 0.182. The molecule has 2 aromatic carbocycles. The summed E-state index contributed by atoms with van der Waals surface area (Å²) in [6, 6.07) is 15.4. The third kappa shape index (κ3) is 3.90. The number of para-hydroxylation sites is 1. The molecule has 0 spiro atoms. The number of aliphatic hydroxyl groups is 1. The number of aliphatic hydroxyl groups excluding tert-OH is 1. The minimum atomic E-state index is -0.624. The predicted molar refractivity (Wildman–Crippen MR) is 109 cm³/mol. The van der Waals surface area contributed by atoms with Crippen LogP contribution in [0.5, 0.6) is 0 Å². The number of fused-ring (bicyclic) bond motifs is 1. The van der Waals surface area contributed by atoms with Crippen molar-refractivity contribution < 1.29 is 14.3 Å². The molecule has 0 aliphatic carbocycles. The number of nitrogens with two attached hydrogens (primary N) is 1. The average molecular weight is 390 g/mol. The van der Waals surface area contributed by atoms with Crippen LogP contribution in [0.25, 0.3) is 22.6 Å². The maximum atomic E-state index is 11.3. The largest absolute Gasteiger partial charge is 0.436 e. The maximum Gasteiger partial charge on any atom is 0.268 e. The summed E-state index contributed by atoms with van der Waals surface area (Å²) in [6.07, 6.45) is 3.80. The number of primary amides is 1. The lowest BCUT2D eigenvalue weighted by Crippen LogP contribution is -2.21. The molecule has 0 saturated carbocycles. The number of benzene rings is 2. The van der Waals surface area contributed by atoms with Gasteiger partial charge in [-0.05, 0) is 43.5 Å². The van der Waals surface area contributed by atoms with Crippen molar-refractivity contribution in [3.8, 4) is 11.5 Å². The van der Waals surface area contributed by atoms with Crippen LogP contribution in [0.2, 0.25) is 0 Å². The Balaban J connectivity index is 1.59. The Labute approximate surface area is 167 Å². The van der Waals surface area contributed by atoms with Crippen LogP contribution in [-0.2, 0) is 6.42 Å². The smallest absolute Gasteiger partial charge is 0.268 e. The molecule has 2 unspecified atom stereocenters. The van der Waals surface area contributed by atoms with E-state index in [2.05, 4.69) is 4.98 Å². The molecule has 0 aliphatic heterocycles. The van der Waals surface area contributed by atoms with Crippen molar-refractivity contribution in [2.45, 2.75) is 31.9 Å². The molecule has 4 rings (SSSR count). The molecule has 148 valence electrons. The molecule has 4 aromatic rings. The molecule has 7 nitrogen and oxygen atoms in total. The zero-order chi connectivity index (χ0) is 20.4. The van der Waals surface area contributed by atoms with Crippen molar-refractivity contribution in [3.05, 3.63) is 72.3 Å². The Morgan fingerprint density at radius 2 is 2.00 bits per heavy atom. The van der Waals surface area contributed by atoms with E-state index in [1.807, 2.05) is 48.5 Å². The van der Waals surface area contributed by atoms with Crippen molar-refractivity contribution in [1.82, 2.24) is 14.5 Å². The van der Waals surface area contributed by atoms with E-state index in [0.717, 1.165) is 22.2 Å². The summed E-state index contributed by atoms with van der Waals surface area (Å²) in [4.78, 5) is 20.0. The lowest BCUT2D eigenvalue weighted by atomic mass is 10.0. The zero-order valence-corrected chi connectivity index (χ0v) is 16.0. The van der Waals surface area contributed by atoms with Crippen LogP contribution in [-0.4, -0.2) is 31.7 Å². The Kier molecular flexibility index (Phi) is 5.14. The van der Waals surface area contributed by atoms with Crippen molar-refractivity contribution in [2.24, 2.45) is 5.73 Å². The number of imidazole rings is 1. The van der Waals surface area contributed by atoms with Gasteiger partial charge < -0.3 is 19.8 Å². The fourth-order valence-electron chi connectivity index (χ4n) is 3.50. The highest BCUT2D eigenvalue weighted by atomic mass is 16.3. The van der Waals surface area contributed by atoms with E-state index in [9.17, 15) is 9.90 Å². The zero-order valence-electron chi connectivity index (χ0n) is 16.0. The molecule has 1 amide bonds. The van der Waals surface area contributed by atoms with Crippen LogP contribution in [0.1, 0.15) is 35.4 Å². The number of hydrogen-bond donors (Lipinski definition) is 2. The normalized spacial score (nSPS) is 13.4. The van der Waals surface area contributed by atoms with Crippen LogP contribution in [0.4, 0.5) is 0 Å². The summed E-state index contributed by atoms with van der Waals surface area (Å²) < 4.78 is 7.68. The number of nitrogens with zero attached hydrogens (tertiary/aromatic N) is 3. The van der Waals surface area contributed by atoms with Crippen molar-refractivity contribution in [3.63, 3.8) is 0 Å². The van der Waals surface area contributed by atoms with Gasteiger partial charge in [-0.25, -0.2) is 9.97 Å². The van der Waals surface area contributed by atoms with E-state index in [0.29, 0.717) is 18.7 Å². The van der Waals surface area contributed by atoms with Crippen LogP contribution in [0, 0.1) is 0 Å². The molecule has 0 aliphatic rings. The molecule has 29 heavy (non-hydrogen) atoms. The average Bonchev–Trinajstić information content (AvgIpc) is 3.36. The summed E-state index contributed by atoms with van der Waals surface area (Å²) in [6.45, 7) is 1.72. The van der Waals surface area contributed by atoms with Crippen molar-refractivity contribution >= 4 is 17.0 Å². The second-order valence-electron chi connectivity index (χ2n) is 7.07. The number of carbonyl (C=O) groups is 1. The standard InChI is InChI=1S/C22H22N4O3/c1-14(27)18(26-12-17(21(23)28)24-13-26)11-10-15-8-5-9-19-20(15)25-22(29-19)16-6-3-2-4-7-16/h2-9,12-14,18,27H,10-11H2,1H3,(H2,23,28). The molecule has 2 atom stereocenters. The summed E-state index contributed by atoms with van der Waals surface area (Å²) >= 11 is 0. The molecule has 3 N–H and O–H groups in total. The number of hydrogen-bond acceptors (Lipinski definition) is 5. The molecule has 0 saturated heterocycles. The number of aromatic nitrogens is 3. The van der Waals surface area contributed by atoms with Crippen LogP contribution in [0.15, 0.2) is 65.5 Å². The van der Waals surface area contributed by atoms with E-state index < -0.39 is 12.0 Å². The fourth-order valence-corrected chi connectivity index (χ4v) is 3.50. The number of oxazole rings is 1. The van der Waals surface area contributed by atoms with E-state index in [4.69, 9.17) is 15.1 Å². The Morgan fingerprint density at radius 3 is 2.69 bits per heavy atom. The van der Waals surface area contributed by atoms with Gasteiger partial charge in [0, 0.05) is 11.8 Å². The highest BCUT2D eigenvalue weighted by molar-refractivity contribution is 5.90. The molecule has 7 heteroatoms. The number of rotatable bonds is 7. The first-order chi connectivity index (χ1) is 14.0. The van der Waals surface area contributed by atoms with Gasteiger partial charge in [0.1, 0.15) is 11.2 Å². The molecule has 0 radical (unpaired) electrons. The second kappa shape index (κ2) is 7.89. The van der Waals surface area contributed by atoms with Crippen molar-refractivity contribution in [2.75, 3.05) is 0 Å². The summed E-state index contributed by atoms with van der Waals surface area (Å²) in [5.41, 5.74) is 8.98. The highest BCUT2D eigenvalue weighted by Crippen LogP contribution is 2.28. The van der Waals surface area contributed by atoms with E-state index >= 15 is 0 Å². The second-order valence-corrected chi connectivity index (χ2v) is 7.07. The monoisotopic (exact) mass is 390 g/mol. The minimum Gasteiger partial charge on any atom is -0.436 e. The maximum absolute atomic E-state index is 11.3. The third-order valence-electron chi connectivity index (χ3n) is 5.03. The first-order valence-electron chi connectivity index (χ1n) is 9.48. The molecule has 2 aromatic heterocycles. The lowest BCUT2D eigenvalue weighted by molar-refractivity contribution is 0.0994. The Hall–Kier alpha value is -3.45. The van der Waals surface area contributed by atoms with Gasteiger partial charge in [0.2, 0.25) is 5.89 Å².